The quantitative estimate of drug-likeness (QED) is 0.247. The van der Waals surface area contributed by atoms with Crippen molar-refractivity contribution in [2.24, 2.45) is 0 Å². The van der Waals surface area contributed by atoms with Gasteiger partial charge in [0, 0.05) is 24.2 Å². The Bertz CT molecular complexity index is 506. The predicted octanol–water partition coefficient (Wildman–Crippen LogP) is 6.58. The van der Waals surface area contributed by atoms with Crippen molar-refractivity contribution in [3.8, 4) is 0 Å². The first-order chi connectivity index (χ1) is 10.00. The summed E-state index contributed by atoms with van der Waals surface area (Å²) < 4.78 is 0.649. The largest absolute Gasteiger partial charge is 0.151 e. The van der Waals surface area contributed by atoms with E-state index in [9.17, 15) is 0 Å². The normalized spacial score (nSPS) is 17.0. The molecule has 0 aliphatic carbocycles. The molecular formula is C18H37ISi4. The number of hydrogen-bond acceptors (Lipinski definition) is 0. The molecule has 1 atom stereocenters. The van der Waals surface area contributed by atoms with E-state index in [0.29, 0.717) is 3.91 Å². The highest BCUT2D eigenvalue weighted by atomic mass is 127. The molecule has 132 valence electrons. The Hall–Kier alpha value is 0.818. The van der Waals surface area contributed by atoms with E-state index in [1.165, 1.54) is 5.56 Å². The van der Waals surface area contributed by atoms with E-state index in [0.717, 1.165) is 0 Å². The van der Waals surface area contributed by atoms with E-state index in [-0.39, 0.29) is 0 Å². The van der Waals surface area contributed by atoms with Crippen molar-refractivity contribution < 1.29 is 0 Å². The molecule has 0 aliphatic rings. The zero-order valence-corrected chi connectivity index (χ0v) is 23.3. The molecular weight excluding hydrogens is 455 g/mol. The van der Waals surface area contributed by atoms with Crippen molar-refractivity contribution in [1.29, 1.82) is 0 Å². The molecule has 0 saturated heterocycles. The van der Waals surface area contributed by atoms with Crippen molar-refractivity contribution in [3.63, 3.8) is 0 Å². The average molecular weight is 493 g/mol. The summed E-state index contributed by atoms with van der Waals surface area (Å²) in [6, 6.07) is 9.59. The van der Waals surface area contributed by atoms with Crippen LogP contribution in [-0.2, 0) is 0 Å². The molecule has 0 spiro atoms. The molecule has 1 aromatic carbocycles. The summed E-state index contributed by atoms with van der Waals surface area (Å²) in [5.74, 6) is 0. The number of halogens is 1. The lowest BCUT2D eigenvalue weighted by molar-refractivity contribution is 1.21. The van der Waals surface area contributed by atoms with Gasteiger partial charge in [-0.05, 0) is 16.0 Å². The Kier molecular flexibility index (Phi) is 6.20. The maximum absolute atomic E-state index is 2.99. The first-order valence-electron chi connectivity index (χ1n) is 8.76. The maximum atomic E-state index is 2.99. The SMILES string of the molecule is Cc1ccc([Si](C)(I)C([Si](C)(C)C)([Si](C)(C)C)[Si](C)(C)C)cc1. The minimum atomic E-state index is -1.63. The van der Waals surface area contributed by atoms with Gasteiger partial charge in [-0.15, -0.1) is 21.8 Å². The fourth-order valence-electron chi connectivity index (χ4n) is 6.57. The molecule has 23 heavy (non-hydrogen) atoms. The summed E-state index contributed by atoms with van der Waals surface area (Å²) in [6.45, 7) is 28.9. The standard InChI is InChI=1S/C18H37ISi4/c1-16-12-14-17(15-13-16)23(11,19)18(20(2,3)4,21(5,6)7)22(8,9)10/h12-15H,1-11H3. The van der Waals surface area contributed by atoms with Crippen LogP contribution in [0.1, 0.15) is 5.56 Å². The van der Waals surface area contributed by atoms with Crippen LogP contribution in [0.25, 0.3) is 0 Å². The molecule has 1 unspecified atom stereocenters. The molecule has 1 rings (SSSR count). The highest BCUT2D eigenvalue weighted by Gasteiger charge is 2.68. The van der Waals surface area contributed by atoms with Crippen LogP contribution in [0, 0.1) is 6.92 Å². The second kappa shape index (κ2) is 6.52. The molecule has 0 amide bonds. The van der Waals surface area contributed by atoms with Gasteiger partial charge < -0.3 is 0 Å². The van der Waals surface area contributed by atoms with Crippen molar-refractivity contribution in [2.45, 2.75) is 76.3 Å². The lowest BCUT2D eigenvalue weighted by Gasteiger charge is -2.65. The molecule has 0 heterocycles. The summed E-state index contributed by atoms with van der Waals surface area (Å²) in [5.41, 5.74) is -0.249. The van der Waals surface area contributed by atoms with Crippen molar-refractivity contribution in [1.82, 2.24) is 0 Å². The van der Waals surface area contributed by atoms with Crippen molar-refractivity contribution in [3.05, 3.63) is 29.8 Å². The van der Waals surface area contributed by atoms with Gasteiger partial charge in [-0.2, -0.15) is 0 Å². The first kappa shape index (κ1) is 21.9. The molecule has 1 aromatic rings. The summed E-state index contributed by atoms with van der Waals surface area (Å²) in [7, 11) is -4.09. The van der Waals surface area contributed by atoms with Crippen LogP contribution >= 0.6 is 21.8 Å². The Labute approximate surface area is 162 Å². The Balaban J connectivity index is 3.86. The summed E-state index contributed by atoms with van der Waals surface area (Å²) >= 11 is 2.99. The lowest BCUT2D eigenvalue weighted by Crippen LogP contribution is -2.77. The van der Waals surface area contributed by atoms with E-state index in [1.54, 1.807) is 5.19 Å². The van der Waals surface area contributed by atoms with Gasteiger partial charge in [-0.3, -0.25) is 0 Å². The molecule has 0 N–H and O–H groups in total. The number of aryl methyl sites for hydroxylation is 1. The van der Waals surface area contributed by atoms with Gasteiger partial charge in [0.1, 0.15) is 0 Å². The Morgan fingerprint density at radius 2 is 0.957 bits per heavy atom. The van der Waals surface area contributed by atoms with Crippen LogP contribution in [0.4, 0.5) is 0 Å². The zero-order valence-electron chi connectivity index (χ0n) is 17.2. The van der Waals surface area contributed by atoms with Crippen LogP contribution in [0.2, 0.25) is 69.4 Å². The molecule has 0 bridgehead atoms. The third kappa shape index (κ3) is 3.54. The summed E-state index contributed by atoms with van der Waals surface area (Å²) in [5, 5.41) is 1.68. The molecule has 0 aliphatic heterocycles. The molecule has 0 saturated carbocycles. The fourth-order valence-corrected chi connectivity index (χ4v) is 75.9. The predicted molar refractivity (Wildman–Crippen MR) is 129 cm³/mol. The maximum Gasteiger partial charge on any atom is 0.151 e. The third-order valence-electron chi connectivity index (χ3n) is 5.67. The van der Waals surface area contributed by atoms with Gasteiger partial charge in [-0.1, -0.05) is 95.3 Å². The Morgan fingerprint density at radius 1 is 0.652 bits per heavy atom. The van der Waals surface area contributed by atoms with Crippen LogP contribution in [0.15, 0.2) is 24.3 Å². The van der Waals surface area contributed by atoms with Crippen LogP contribution in [0.5, 0.6) is 0 Å². The fraction of sp³-hybridized carbons (Fsp3) is 0.667. The molecule has 0 fully saturated rings. The van der Waals surface area contributed by atoms with Gasteiger partial charge >= 0.3 is 0 Å². The van der Waals surface area contributed by atoms with Gasteiger partial charge in [0.25, 0.3) is 0 Å². The number of rotatable bonds is 5. The summed E-state index contributed by atoms with van der Waals surface area (Å²) in [6.07, 6.45) is 0. The van der Waals surface area contributed by atoms with Crippen molar-refractivity contribution >= 4 is 56.8 Å². The van der Waals surface area contributed by atoms with E-state index < -0.39 is 29.8 Å². The van der Waals surface area contributed by atoms with Gasteiger partial charge in [-0.25, -0.2) is 0 Å². The second-order valence-corrected chi connectivity index (χ2v) is 38.9. The molecule has 0 radical (unpaired) electrons. The minimum absolute atomic E-state index is 0.649. The average Bonchev–Trinajstić information content (AvgIpc) is 2.22. The third-order valence-corrected chi connectivity index (χ3v) is 48.9. The summed E-state index contributed by atoms with van der Waals surface area (Å²) in [4.78, 5) is 0. The van der Waals surface area contributed by atoms with Gasteiger partial charge in [0.2, 0.25) is 0 Å². The number of hydrogen-bond donors (Lipinski definition) is 0. The topological polar surface area (TPSA) is 0 Å². The van der Waals surface area contributed by atoms with Crippen molar-refractivity contribution in [2.75, 3.05) is 0 Å². The van der Waals surface area contributed by atoms with E-state index in [2.05, 4.69) is 118 Å². The molecule has 5 heteroatoms. The van der Waals surface area contributed by atoms with Crippen LogP contribution in [0.3, 0.4) is 0 Å². The first-order valence-corrected chi connectivity index (χ1v) is 24.9. The van der Waals surface area contributed by atoms with Gasteiger partial charge in [0.05, 0.1) is 0 Å². The monoisotopic (exact) mass is 492 g/mol. The second-order valence-electron chi connectivity index (χ2n) is 10.4. The smallest absolute Gasteiger partial charge is 0.113 e. The lowest BCUT2D eigenvalue weighted by atomic mass is 10.2. The van der Waals surface area contributed by atoms with E-state index >= 15 is 0 Å². The minimum Gasteiger partial charge on any atom is -0.113 e. The van der Waals surface area contributed by atoms with Crippen LogP contribution < -0.4 is 5.19 Å². The zero-order chi connectivity index (χ0) is 18.5. The number of benzene rings is 1. The molecule has 0 nitrogen and oxygen atoms in total. The highest BCUT2D eigenvalue weighted by Crippen LogP contribution is 2.61. The van der Waals surface area contributed by atoms with E-state index in [4.69, 9.17) is 0 Å². The van der Waals surface area contributed by atoms with E-state index in [1.807, 2.05) is 0 Å². The molecule has 0 aromatic heterocycles. The van der Waals surface area contributed by atoms with Crippen LogP contribution in [-0.4, -0.2) is 29.8 Å². The van der Waals surface area contributed by atoms with Gasteiger partial charge in [0.15, 0.2) is 5.57 Å². The Morgan fingerprint density at radius 3 is 1.22 bits per heavy atom. The highest BCUT2D eigenvalue weighted by molar-refractivity contribution is 14.1.